The predicted octanol–water partition coefficient (Wildman–Crippen LogP) is 3.43. The summed E-state index contributed by atoms with van der Waals surface area (Å²) in [7, 11) is 0. The molecule has 0 amide bonds. The molecule has 0 saturated heterocycles. The monoisotopic (exact) mass is 208 g/mol. The highest BCUT2D eigenvalue weighted by atomic mass is 16.5. The molecule has 0 aromatic heterocycles. The van der Waals surface area contributed by atoms with Crippen molar-refractivity contribution in [2.75, 3.05) is 6.61 Å². The van der Waals surface area contributed by atoms with Gasteiger partial charge in [0.25, 0.3) is 0 Å². The first kappa shape index (κ1) is 13.7. The van der Waals surface area contributed by atoms with E-state index in [9.17, 15) is 4.79 Å². The number of ether oxygens (including phenoxy) is 1. The Morgan fingerprint density at radius 1 is 1.00 bits per heavy atom. The molecule has 0 aliphatic carbocycles. The molecule has 1 rings (SSSR count). The van der Waals surface area contributed by atoms with Gasteiger partial charge in [0.15, 0.2) is 0 Å². The fourth-order valence-electron chi connectivity index (χ4n) is 0.953. The number of carbonyl (C=O) groups excluding carboxylic acids is 1. The van der Waals surface area contributed by atoms with Crippen molar-refractivity contribution < 1.29 is 9.53 Å². The summed E-state index contributed by atoms with van der Waals surface area (Å²) in [6.45, 7) is 4.14. The van der Waals surface area contributed by atoms with Crippen molar-refractivity contribution in [2.45, 2.75) is 33.1 Å². The topological polar surface area (TPSA) is 26.3 Å². The molecular formula is C13H20O2. The van der Waals surface area contributed by atoms with Crippen molar-refractivity contribution in [2.24, 2.45) is 0 Å². The van der Waals surface area contributed by atoms with Crippen molar-refractivity contribution in [3.05, 3.63) is 36.4 Å². The first-order valence-electron chi connectivity index (χ1n) is 5.40. The third-order valence-corrected chi connectivity index (χ3v) is 1.72. The lowest BCUT2D eigenvalue weighted by Crippen LogP contribution is -1.99. The van der Waals surface area contributed by atoms with Crippen molar-refractivity contribution in [3.63, 3.8) is 0 Å². The zero-order chi connectivity index (χ0) is 11.4. The van der Waals surface area contributed by atoms with Gasteiger partial charge >= 0.3 is 5.97 Å². The van der Waals surface area contributed by atoms with Crippen LogP contribution in [0, 0.1) is 0 Å². The smallest absolute Gasteiger partial charge is 0.302 e. The quantitative estimate of drug-likeness (QED) is 0.559. The highest BCUT2D eigenvalue weighted by Gasteiger charge is 1.89. The molecule has 0 saturated carbocycles. The lowest BCUT2D eigenvalue weighted by Gasteiger charge is -1.98. The van der Waals surface area contributed by atoms with Crippen LogP contribution in [-0.2, 0) is 9.53 Å². The van der Waals surface area contributed by atoms with Gasteiger partial charge in [-0.25, -0.2) is 0 Å². The van der Waals surface area contributed by atoms with E-state index in [0.717, 1.165) is 12.8 Å². The van der Waals surface area contributed by atoms with E-state index in [2.05, 4.69) is 6.92 Å². The van der Waals surface area contributed by atoms with Crippen molar-refractivity contribution in [1.82, 2.24) is 0 Å². The molecule has 0 heterocycles. The lowest BCUT2D eigenvalue weighted by atomic mass is 10.3. The second-order valence-corrected chi connectivity index (χ2v) is 3.20. The van der Waals surface area contributed by atoms with E-state index < -0.39 is 0 Å². The average molecular weight is 208 g/mol. The van der Waals surface area contributed by atoms with Gasteiger partial charge in [0.1, 0.15) is 0 Å². The zero-order valence-corrected chi connectivity index (χ0v) is 9.61. The molecule has 0 aliphatic rings. The van der Waals surface area contributed by atoms with Crippen LogP contribution < -0.4 is 0 Å². The number of hydrogen-bond acceptors (Lipinski definition) is 2. The number of benzene rings is 1. The van der Waals surface area contributed by atoms with Gasteiger partial charge in [-0.05, 0) is 6.42 Å². The number of unbranched alkanes of at least 4 members (excludes halogenated alkanes) is 2. The Labute approximate surface area is 92.3 Å². The molecule has 0 atom stereocenters. The minimum Gasteiger partial charge on any atom is -0.466 e. The number of esters is 1. The largest absolute Gasteiger partial charge is 0.466 e. The molecule has 2 heteroatoms. The number of rotatable bonds is 4. The Bertz CT molecular complexity index is 205. The normalized spacial score (nSPS) is 8.67. The summed E-state index contributed by atoms with van der Waals surface area (Å²) in [4.78, 5) is 10.2. The maximum Gasteiger partial charge on any atom is 0.302 e. The molecule has 84 valence electrons. The second kappa shape index (κ2) is 10.8. The lowest BCUT2D eigenvalue weighted by molar-refractivity contribution is -0.141. The predicted molar refractivity (Wildman–Crippen MR) is 62.6 cm³/mol. The molecular weight excluding hydrogens is 188 g/mol. The highest BCUT2D eigenvalue weighted by molar-refractivity contribution is 5.65. The van der Waals surface area contributed by atoms with Crippen LogP contribution in [0.5, 0.6) is 0 Å². The summed E-state index contributed by atoms with van der Waals surface area (Å²) >= 11 is 0. The van der Waals surface area contributed by atoms with Gasteiger partial charge in [-0.15, -0.1) is 0 Å². The Morgan fingerprint density at radius 3 is 1.80 bits per heavy atom. The zero-order valence-electron chi connectivity index (χ0n) is 9.61. The molecule has 0 aliphatic heterocycles. The van der Waals surface area contributed by atoms with E-state index in [1.165, 1.54) is 13.3 Å². The first-order chi connectivity index (χ1) is 7.27. The third kappa shape index (κ3) is 12.7. The Kier molecular flexibility index (Phi) is 9.83. The molecule has 0 N–H and O–H groups in total. The molecule has 0 bridgehead atoms. The first-order valence-corrected chi connectivity index (χ1v) is 5.40. The molecule has 1 aromatic carbocycles. The number of carbonyl (C=O) groups is 1. The summed E-state index contributed by atoms with van der Waals surface area (Å²) in [5.74, 6) is -0.175. The summed E-state index contributed by atoms with van der Waals surface area (Å²) in [6, 6.07) is 12.0. The summed E-state index contributed by atoms with van der Waals surface area (Å²) in [5, 5.41) is 0. The van der Waals surface area contributed by atoms with Crippen LogP contribution in [0.3, 0.4) is 0 Å². The van der Waals surface area contributed by atoms with Gasteiger partial charge < -0.3 is 4.74 Å². The van der Waals surface area contributed by atoms with Crippen LogP contribution >= 0.6 is 0 Å². The highest BCUT2D eigenvalue weighted by Crippen LogP contribution is 1.93. The van der Waals surface area contributed by atoms with Crippen LogP contribution in [0.15, 0.2) is 36.4 Å². The van der Waals surface area contributed by atoms with E-state index in [0.29, 0.717) is 6.61 Å². The van der Waals surface area contributed by atoms with E-state index in [-0.39, 0.29) is 5.97 Å². The van der Waals surface area contributed by atoms with E-state index >= 15 is 0 Å². The van der Waals surface area contributed by atoms with Gasteiger partial charge in [-0.1, -0.05) is 56.2 Å². The molecule has 0 radical (unpaired) electrons. The molecule has 15 heavy (non-hydrogen) atoms. The molecule has 2 nitrogen and oxygen atoms in total. The maximum absolute atomic E-state index is 10.2. The van der Waals surface area contributed by atoms with Gasteiger partial charge in [0.05, 0.1) is 6.61 Å². The fourth-order valence-corrected chi connectivity index (χ4v) is 0.953. The van der Waals surface area contributed by atoms with E-state index in [1.807, 2.05) is 36.4 Å². The van der Waals surface area contributed by atoms with Crippen molar-refractivity contribution >= 4 is 5.97 Å². The van der Waals surface area contributed by atoms with Crippen LogP contribution in [0.1, 0.15) is 33.1 Å². The third-order valence-electron chi connectivity index (χ3n) is 1.72. The van der Waals surface area contributed by atoms with E-state index in [4.69, 9.17) is 4.74 Å². The Balaban J connectivity index is 0.000000280. The van der Waals surface area contributed by atoms with E-state index in [1.54, 1.807) is 0 Å². The minimum absolute atomic E-state index is 0.175. The molecule has 0 unspecified atom stereocenters. The summed E-state index contributed by atoms with van der Waals surface area (Å²) < 4.78 is 4.70. The Hall–Kier alpha value is -1.31. The molecule has 1 aromatic rings. The van der Waals surface area contributed by atoms with Crippen LogP contribution in [-0.4, -0.2) is 12.6 Å². The summed E-state index contributed by atoms with van der Waals surface area (Å²) in [6.07, 6.45) is 3.31. The fraction of sp³-hybridized carbons (Fsp3) is 0.462. The minimum atomic E-state index is -0.175. The SMILES string of the molecule is CCCCCOC(C)=O.c1ccccc1. The average Bonchev–Trinajstić information content (AvgIpc) is 2.28. The molecule has 0 fully saturated rings. The van der Waals surface area contributed by atoms with Crippen LogP contribution in [0.25, 0.3) is 0 Å². The van der Waals surface area contributed by atoms with Crippen LogP contribution in [0.2, 0.25) is 0 Å². The van der Waals surface area contributed by atoms with Gasteiger partial charge in [0.2, 0.25) is 0 Å². The van der Waals surface area contributed by atoms with Gasteiger partial charge in [-0.2, -0.15) is 0 Å². The van der Waals surface area contributed by atoms with Crippen molar-refractivity contribution in [1.29, 1.82) is 0 Å². The Morgan fingerprint density at radius 2 is 1.47 bits per heavy atom. The van der Waals surface area contributed by atoms with Crippen LogP contribution in [0.4, 0.5) is 0 Å². The number of hydrogen-bond donors (Lipinski definition) is 0. The standard InChI is InChI=1S/C7H14O2.C6H6/c1-3-4-5-6-9-7(2)8;1-2-4-6-5-3-1/h3-6H2,1-2H3;1-6H. The summed E-state index contributed by atoms with van der Waals surface area (Å²) in [5.41, 5.74) is 0. The second-order valence-electron chi connectivity index (χ2n) is 3.20. The molecule has 0 spiro atoms. The maximum atomic E-state index is 10.2. The van der Waals surface area contributed by atoms with Gasteiger partial charge in [0, 0.05) is 6.92 Å². The van der Waals surface area contributed by atoms with Gasteiger partial charge in [-0.3, -0.25) is 4.79 Å². The van der Waals surface area contributed by atoms with Crippen molar-refractivity contribution in [3.8, 4) is 0 Å².